The van der Waals surface area contributed by atoms with E-state index in [9.17, 15) is 15.4 Å². The average molecular weight is 295 g/mol. The molecule has 0 saturated heterocycles. The highest BCUT2D eigenvalue weighted by molar-refractivity contribution is 5.62. The van der Waals surface area contributed by atoms with E-state index in [2.05, 4.69) is 12.2 Å². The largest absolute Gasteiger partial charge is 0.377 e. The van der Waals surface area contributed by atoms with Gasteiger partial charge in [0.1, 0.15) is 6.07 Å². The molecule has 0 aromatic heterocycles. The van der Waals surface area contributed by atoms with Gasteiger partial charge in [0.25, 0.3) is 5.69 Å². The molecule has 1 unspecified atom stereocenters. The summed E-state index contributed by atoms with van der Waals surface area (Å²) in [5.74, 6) is 0. The average Bonchev–Trinajstić information content (AvgIpc) is 2.55. The van der Waals surface area contributed by atoms with Crippen LogP contribution in [0.3, 0.4) is 0 Å². The monoisotopic (exact) mass is 295 g/mol. The Morgan fingerprint density at radius 1 is 1.27 bits per heavy atom. The molecule has 1 atom stereocenters. The number of nitrogens with zero attached hydrogens (tertiary/aromatic N) is 2. The van der Waals surface area contributed by atoms with Gasteiger partial charge >= 0.3 is 0 Å². The van der Waals surface area contributed by atoms with Crippen LogP contribution in [0.25, 0.3) is 0 Å². The SMILES string of the molecule is CCCC(Nc1ccc([N+](=O)[O-])cc1C#N)c1ccccc1. The molecule has 2 aromatic rings. The highest BCUT2D eigenvalue weighted by atomic mass is 16.6. The third kappa shape index (κ3) is 3.61. The van der Waals surface area contributed by atoms with Crippen LogP contribution >= 0.6 is 0 Å². The van der Waals surface area contributed by atoms with E-state index in [1.807, 2.05) is 36.4 Å². The van der Waals surface area contributed by atoms with Gasteiger partial charge in [-0.05, 0) is 18.1 Å². The fourth-order valence-electron chi connectivity index (χ4n) is 2.35. The second-order valence-electron chi connectivity index (χ2n) is 5.00. The van der Waals surface area contributed by atoms with Crippen LogP contribution in [0.2, 0.25) is 0 Å². The van der Waals surface area contributed by atoms with Crippen LogP contribution in [0.5, 0.6) is 0 Å². The van der Waals surface area contributed by atoms with Gasteiger partial charge in [0.05, 0.1) is 22.2 Å². The Labute approximate surface area is 129 Å². The molecule has 5 nitrogen and oxygen atoms in total. The van der Waals surface area contributed by atoms with Gasteiger partial charge in [0, 0.05) is 12.1 Å². The number of nitro benzene ring substituents is 1. The van der Waals surface area contributed by atoms with Gasteiger partial charge in [0.2, 0.25) is 0 Å². The Bertz CT molecular complexity index is 693. The highest BCUT2D eigenvalue weighted by Gasteiger charge is 2.15. The quantitative estimate of drug-likeness (QED) is 0.632. The maximum atomic E-state index is 10.8. The molecule has 0 aliphatic rings. The van der Waals surface area contributed by atoms with Gasteiger partial charge in [-0.25, -0.2) is 0 Å². The van der Waals surface area contributed by atoms with Crippen LogP contribution in [-0.2, 0) is 0 Å². The van der Waals surface area contributed by atoms with Gasteiger partial charge in [0.15, 0.2) is 0 Å². The molecule has 0 aliphatic carbocycles. The summed E-state index contributed by atoms with van der Waals surface area (Å²) < 4.78 is 0. The van der Waals surface area contributed by atoms with E-state index in [-0.39, 0.29) is 17.3 Å². The molecule has 0 fully saturated rings. The van der Waals surface area contributed by atoms with Gasteiger partial charge in [-0.1, -0.05) is 43.7 Å². The summed E-state index contributed by atoms with van der Waals surface area (Å²) in [4.78, 5) is 10.3. The van der Waals surface area contributed by atoms with Crippen molar-refractivity contribution in [2.75, 3.05) is 5.32 Å². The summed E-state index contributed by atoms with van der Waals surface area (Å²) in [5, 5.41) is 23.4. The van der Waals surface area contributed by atoms with Crippen molar-refractivity contribution in [3.63, 3.8) is 0 Å². The Morgan fingerprint density at radius 3 is 2.59 bits per heavy atom. The van der Waals surface area contributed by atoms with Crippen molar-refractivity contribution < 1.29 is 4.92 Å². The van der Waals surface area contributed by atoms with Crippen LogP contribution < -0.4 is 5.32 Å². The highest BCUT2D eigenvalue weighted by Crippen LogP contribution is 2.28. The van der Waals surface area contributed by atoms with E-state index in [1.165, 1.54) is 12.1 Å². The molecule has 0 heterocycles. The number of rotatable bonds is 6. The Kier molecular flexibility index (Phi) is 5.10. The van der Waals surface area contributed by atoms with E-state index in [1.54, 1.807) is 6.07 Å². The molecule has 0 aliphatic heterocycles. The summed E-state index contributed by atoms with van der Waals surface area (Å²) in [7, 11) is 0. The normalized spacial score (nSPS) is 11.5. The Hall–Kier alpha value is -2.87. The summed E-state index contributed by atoms with van der Waals surface area (Å²) in [6.45, 7) is 2.10. The molecule has 22 heavy (non-hydrogen) atoms. The van der Waals surface area contributed by atoms with Crippen molar-refractivity contribution in [1.29, 1.82) is 5.26 Å². The number of non-ortho nitro benzene ring substituents is 1. The Balaban J connectivity index is 2.31. The molecule has 2 aromatic carbocycles. The maximum Gasteiger partial charge on any atom is 0.270 e. The van der Waals surface area contributed by atoms with Crippen molar-refractivity contribution in [2.24, 2.45) is 0 Å². The molecule has 112 valence electrons. The molecule has 0 spiro atoms. The van der Waals surface area contributed by atoms with E-state index in [0.29, 0.717) is 5.69 Å². The number of benzene rings is 2. The van der Waals surface area contributed by atoms with Crippen LogP contribution in [0.4, 0.5) is 11.4 Å². The summed E-state index contributed by atoms with van der Waals surface area (Å²) in [5.41, 5.74) is 1.96. The van der Waals surface area contributed by atoms with Crippen molar-refractivity contribution in [3.05, 3.63) is 69.8 Å². The van der Waals surface area contributed by atoms with Crippen molar-refractivity contribution >= 4 is 11.4 Å². The molecule has 0 radical (unpaired) electrons. The molecular formula is C17H17N3O2. The second kappa shape index (κ2) is 7.23. The molecular weight excluding hydrogens is 278 g/mol. The van der Waals surface area contributed by atoms with Gasteiger partial charge in [-0.2, -0.15) is 5.26 Å². The van der Waals surface area contributed by atoms with Crippen LogP contribution in [0.1, 0.15) is 36.9 Å². The van der Waals surface area contributed by atoms with E-state index in [0.717, 1.165) is 18.4 Å². The van der Waals surface area contributed by atoms with Crippen molar-refractivity contribution in [2.45, 2.75) is 25.8 Å². The van der Waals surface area contributed by atoms with Crippen LogP contribution in [0.15, 0.2) is 48.5 Å². The first-order valence-electron chi connectivity index (χ1n) is 7.15. The van der Waals surface area contributed by atoms with Gasteiger partial charge in [-0.15, -0.1) is 0 Å². The number of hydrogen-bond donors (Lipinski definition) is 1. The van der Waals surface area contributed by atoms with Crippen LogP contribution in [0, 0.1) is 21.4 Å². The number of nitro groups is 1. The second-order valence-corrected chi connectivity index (χ2v) is 5.00. The summed E-state index contributed by atoms with van der Waals surface area (Å²) in [6.07, 6.45) is 1.90. The maximum absolute atomic E-state index is 10.8. The lowest BCUT2D eigenvalue weighted by atomic mass is 10.0. The Morgan fingerprint density at radius 2 is 2.00 bits per heavy atom. The fraction of sp³-hybridized carbons (Fsp3) is 0.235. The van der Waals surface area contributed by atoms with Gasteiger partial charge < -0.3 is 5.32 Å². The molecule has 1 N–H and O–H groups in total. The number of anilines is 1. The lowest BCUT2D eigenvalue weighted by molar-refractivity contribution is -0.384. The minimum Gasteiger partial charge on any atom is -0.377 e. The van der Waals surface area contributed by atoms with Crippen LogP contribution in [-0.4, -0.2) is 4.92 Å². The third-order valence-electron chi connectivity index (χ3n) is 3.44. The summed E-state index contributed by atoms with van der Waals surface area (Å²) >= 11 is 0. The predicted molar refractivity (Wildman–Crippen MR) is 85.5 cm³/mol. The zero-order valence-electron chi connectivity index (χ0n) is 12.3. The first-order valence-corrected chi connectivity index (χ1v) is 7.15. The van der Waals surface area contributed by atoms with Gasteiger partial charge in [-0.3, -0.25) is 10.1 Å². The number of hydrogen-bond acceptors (Lipinski definition) is 4. The third-order valence-corrected chi connectivity index (χ3v) is 3.44. The fourth-order valence-corrected chi connectivity index (χ4v) is 2.35. The minimum atomic E-state index is -0.495. The topological polar surface area (TPSA) is 79.0 Å². The zero-order valence-corrected chi connectivity index (χ0v) is 12.3. The zero-order chi connectivity index (χ0) is 15.9. The molecule has 5 heteroatoms. The molecule has 0 amide bonds. The van der Waals surface area contributed by atoms with E-state index < -0.39 is 4.92 Å². The standard InChI is InChI=1S/C17H17N3O2/c1-2-6-16(13-7-4-3-5-8-13)19-17-10-9-15(20(21)22)11-14(17)12-18/h3-5,7-11,16,19H,2,6H2,1H3. The predicted octanol–water partition coefficient (Wildman–Crippen LogP) is 4.42. The lowest BCUT2D eigenvalue weighted by Crippen LogP contribution is -2.11. The first-order chi connectivity index (χ1) is 10.7. The number of nitriles is 1. The number of nitrogens with one attached hydrogen (secondary N) is 1. The molecule has 2 rings (SSSR count). The molecule has 0 saturated carbocycles. The van der Waals surface area contributed by atoms with E-state index >= 15 is 0 Å². The van der Waals surface area contributed by atoms with Crippen molar-refractivity contribution in [3.8, 4) is 6.07 Å². The minimum absolute atomic E-state index is 0.0692. The van der Waals surface area contributed by atoms with Crippen molar-refractivity contribution in [1.82, 2.24) is 0 Å². The van der Waals surface area contributed by atoms with E-state index in [4.69, 9.17) is 0 Å². The smallest absolute Gasteiger partial charge is 0.270 e. The molecule has 0 bridgehead atoms. The first kappa shape index (κ1) is 15.5. The lowest BCUT2D eigenvalue weighted by Gasteiger charge is -2.20. The summed E-state index contributed by atoms with van der Waals surface area (Å²) in [6, 6.07) is 16.4.